The first kappa shape index (κ1) is 18.4. The molecular weight excluding hydrogens is 312 g/mol. The van der Waals surface area contributed by atoms with Gasteiger partial charge in [-0.3, -0.25) is 4.79 Å². The van der Waals surface area contributed by atoms with Crippen molar-refractivity contribution in [1.82, 2.24) is 10.2 Å². The lowest BCUT2D eigenvalue weighted by molar-refractivity contribution is -0.132. The van der Waals surface area contributed by atoms with Crippen LogP contribution in [-0.2, 0) is 4.79 Å². The van der Waals surface area contributed by atoms with Gasteiger partial charge in [0.05, 0.1) is 33.0 Å². The fraction of sp³-hybridized carbons (Fsp3) is 0.588. The van der Waals surface area contributed by atoms with Crippen molar-refractivity contribution in [2.24, 2.45) is 0 Å². The first-order valence-corrected chi connectivity index (χ1v) is 8.05. The zero-order chi connectivity index (χ0) is 17.5. The third-order valence-corrected chi connectivity index (χ3v) is 4.01. The van der Waals surface area contributed by atoms with E-state index in [1.165, 1.54) is 0 Å². The number of hydrogen-bond donors (Lipinski definition) is 2. The van der Waals surface area contributed by atoms with Crippen LogP contribution in [0.4, 0.5) is 0 Å². The van der Waals surface area contributed by atoms with Crippen LogP contribution in [-0.4, -0.2) is 69.0 Å². The average molecular weight is 338 g/mol. The van der Waals surface area contributed by atoms with Crippen LogP contribution in [0.2, 0.25) is 0 Å². The van der Waals surface area contributed by atoms with Crippen LogP contribution in [0, 0.1) is 0 Å². The third-order valence-electron chi connectivity index (χ3n) is 4.01. The lowest BCUT2D eigenvalue weighted by Gasteiger charge is -2.21. The van der Waals surface area contributed by atoms with Crippen molar-refractivity contribution < 1.29 is 24.1 Å². The number of carbonyl (C=O) groups is 1. The van der Waals surface area contributed by atoms with Crippen molar-refractivity contribution in [2.75, 3.05) is 41.0 Å². The molecule has 2 unspecified atom stereocenters. The van der Waals surface area contributed by atoms with Gasteiger partial charge in [-0.1, -0.05) is 0 Å². The molecule has 134 valence electrons. The summed E-state index contributed by atoms with van der Waals surface area (Å²) in [6, 6.07) is 5.08. The quantitative estimate of drug-likeness (QED) is 0.678. The molecule has 2 N–H and O–H groups in total. The number of nitrogens with zero attached hydrogens (tertiary/aromatic N) is 1. The first-order chi connectivity index (χ1) is 11.5. The van der Waals surface area contributed by atoms with Gasteiger partial charge in [-0.15, -0.1) is 0 Å². The van der Waals surface area contributed by atoms with E-state index in [4.69, 9.17) is 14.2 Å². The second-order valence-corrected chi connectivity index (χ2v) is 5.86. The molecule has 0 bridgehead atoms. The number of benzene rings is 1. The second-order valence-electron chi connectivity index (χ2n) is 5.86. The number of nitrogens with one attached hydrogen (secondary N) is 1. The summed E-state index contributed by atoms with van der Waals surface area (Å²) in [7, 11) is 4.95. The monoisotopic (exact) mass is 338 g/mol. The maximum Gasteiger partial charge on any atom is 0.239 e. The average Bonchev–Trinajstić information content (AvgIpc) is 3.03. The highest BCUT2D eigenvalue weighted by Gasteiger charge is 2.29. The Bertz CT molecular complexity index is 530. The molecule has 1 aliphatic heterocycles. The number of methoxy groups -OCH3 is 2. The van der Waals surface area contributed by atoms with Gasteiger partial charge >= 0.3 is 0 Å². The Morgan fingerprint density at radius 1 is 1.25 bits per heavy atom. The molecule has 1 fully saturated rings. The minimum Gasteiger partial charge on any atom is -0.496 e. The fourth-order valence-corrected chi connectivity index (χ4v) is 2.64. The lowest BCUT2D eigenvalue weighted by Crippen LogP contribution is -2.42. The summed E-state index contributed by atoms with van der Waals surface area (Å²) in [5, 5.41) is 12.5. The van der Waals surface area contributed by atoms with Crippen molar-refractivity contribution in [3.63, 3.8) is 0 Å². The Labute approximate surface area is 142 Å². The van der Waals surface area contributed by atoms with Crippen molar-refractivity contribution in [1.29, 1.82) is 0 Å². The Kier molecular flexibility index (Phi) is 6.69. The number of likely N-dealkylation sites (N-methyl/N-ethyl adjacent to an activating group) is 1. The molecule has 1 heterocycles. The summed E-state index contributed by atoms with van der Waals surface area (Å²) in [6.45, 7) is 1.55. The molecule has 2 atom stereocenters. The van der Waals surface area contributed by atoms with E-state index >= 15 is 0 Å². The van der Waals surface area contributed by atoms with E-state index in [0.717, 1.165) is 0 Å². The third kappa shape index (κ3) is 5.01. The van der Waals surface area contributed by atoms with Gasteiger partial charge in [-0.25, -0.2) is 0 Å². The van der Waals surface area contributed by atoms with Gasteiger partial charge in [0.2, 0.25) is 5.91 Å². The van der Waals surface area contributed by atoms with Gasteiger partial charge in [0, 0.05) is 38.3 Å². The first-order valence-electron chi connectivity index (χ1n) is 8.05. The fourth-order valence-electron chi connectivity index (χ4n) is 2.64. The molecule has 0 spiro atoms. The van der Waals surface area contributed by atoms with Crippen LogP contribution < -0.4 is 19.5 Å². The number of hydrogen-bond acceptors (Lipinski definition) is 6. The molecule has 0 aromatic heterocycles. The van der Waals surface area contributed by atoms with E-state index in [9.17, 15) is 9.90 Å². The molecule has 0 aliphatic carbocycles. The minimum absolute atomic E-state index is 0.00889. The molecule has 1 aromatic carbocycles. The highest BCUT2D eigenvalue weighted by Crippen LogP contribution is 2.27. The Morgan fingerprint density at radius 2 is 1.88 bits per heavy atom. The smallest absolute Gasteiger partial charge is 0.239 e. The summed E-state index contributed by atoms with van der Waals surface area (Å²) in [6.07, 6.45) is 0.749. The van der Waals surface area contributed by atoms with E-state index in [2.05, 4.69) is 5.32 Å². The summed E-state index contributed by atoms with van der Waals surface area (Å²) >= 11 is 0. The van der Waals surface area contributed by atoms with Crippen LogP contribution >= 0.6 is 0 Å². The zero-order valence-corrected chi connectivity index (χ0v) is 14.4. The van der Waals surface area contributed by atoms with Crippen LogP contribution in [0.1, 0.15) is 12.8 Å². The molecule has 7 nitrogen and oxygen atoms in total. The number of carbonyl (C=O) groups excluding carboxylic acids is 1. The predicted molar refractivity (Wildman–Crippen MR) is 89.7 cm³/mol. The highest BCUT2D eigenvalue weighted by molar-refractivity contribution is 5.82. The molecule has 0 saturated carbocycles. The van der Waals surface area contributed by atoms with Crippen LogP contribution in [0.5, 0.6) is 17.2 Å². The number of amides is 1. The van der Waals surface area contributed by atoms with E-state index in [0.29, 0.717) is 49.8 Å². The maximum atomic E-state index is 12.2. The Morgan fingerprint density at radius 3 is 2.42 bits per heavy atom. The largest absolute Gasteiger partial charge is 0.496 e. The SMILES string of the molecule is COc1cc(OC)cc(OCCCN(C)C(=O)C2CC(O)CN2)c1. The molecule has 1 aromatic rings. The van der Waals surface area contributed by atoms with Crippen molar-refractivity contribution >= 4 is 5.91 Å². The lowest BCUT2D eigenvalue weighted by atomic mass is 10.2. The zero-order valence-electron chi connectivity index (χ0n) is 14.4. The summed E-state index contributed by atoms with van der Waals surface area (Å²) in [5.41, 5.74) is 0. The van der Waals surface area contributed by atoms with Crippen molar-refractivity contribution in [3.05, 3.63) is 18.2 Å². The molecule has 24 heavy (non-hydrogen) atoms. The van der Waals surface area contributed by atoms with Gasteiger partial charge in [0.1, 0.15) is 17.2 Å². The number of rotatable bonds is 8. The van der Waals surface area contributed by atoms with Gasteiger partial charge < -0.3 is 29.5 Å². The Balaban J connectivity index is 1.75. The molecule has 0 radical (unpaired) electrons. The Hall–Kier alpha value is -1.99. The van der Waals surface area contributed by atoms with Crippen LogP contribution in [0.15, 0.2) is 18.2 Å². The van der Waals surface area contributed by atoms with Crippen LogP contribution in [0.3, 0.4) is 0 Å². The molecule has 1 aliphatic rings. The number of β-amino-alcohol motifs (C(OH)–C–C–N with tert-alkyl or cyclic N) is 1. The standard InChI is InChI=1S/C17H26N2O5/c1-19(17(21)16-7-12(20)11-18-16)5-4-6-24-15-9-13(22-2)8-14(10-15)23-3/h8-10,12,16,18,20H,4-7,11H2,1-3H3. The van der Waals surface area contributed by atoms with Gasteiger partial charge in [-0.2, -0.15) is 0 Å². The van der Waals surface area contributed by atoms with Gasteiger partial charge in [-0.05, 0) is 12.8 Å². The molecule has 2 rings (SSSR count). The van der Waals surface area contributed by atoms with E-state index in [1.54, 1.807) is 44.4 Å². The normalized spacial score (nSPS) is 19.8. The summed E-state index contributed by atoms with van der Waals surface area (Å²) in [5.74, 6) is 2.01. The van der Waals surface area contributed by atoms with Gasteiger partial charge in [0.15, 0.2) is 0 Å². The van der Waals surface area contributed by atoms with Crippen LogP contribution in [0.25, 0.3) is 0 Å². The van der Waals surface area contributed by atoms with Crippen molar-refractivity contribution in [3.8, 4) is 17.2 Å². The molecule has 7 heteroatoms. The summed E-state index contributed by atoms with van der Waals surface area (Å²) in [4.78, 5) is 13.9. The number of aliphatic hydroxyl groups is 1. The minimum atomic E-state index is -0.432. The number of ether oxygens (including phenoxy) is 3. The molecular formula is C17H26N2O5. The topological polar surface area (TPSA) is 80.3 Å². The molecule has 1 amide bonds. The number of aliphatic hydroxyl groups excluding tert-OH is 1. The van der Waals surface area contributed by atoms with Crippen molar-refractivity contribution in [2.45, 2.75) is 25.0 Å². The second kappa shape index (κ2) is 8.75. The maximum absolute atomic E-state index is 12.2. The van der Waals surface area contributed by atoms with E-state index in [1.807, 2.05) is 0 Å². The molecule has 1 saturated heterocycles. The van der Waals surface area contributed by atoms with Gasteiger partial charge in [0.25, 0.3) is 0 Å². The highest BCUT2D eigenvalue weighted by atomic mass is 16.5. The predicted octanol–water partition coefficient (Wildman–Crippen LogP) is 0.654. The van der Waals surface area contributed by atoms with E-state index in [-0.39, 0.29) is 11.9 Å². The van der Waals surface area contributed by atoms with E-state index < -0.39 is 6.10 Å². The summed E-state index contributed by atoms with van der Waals surface area (Å²) < 4.78 is 16.1.